The maximum absolute atomic E-state index is 12.2. The Morgan fingerprint density at radius 2 is 1.82 bits per heavy atom. The number of nitrogens with one attached hydrogen (secondary N) is 1. The van der Waals surface area contributed by atoms with E-state index in [2.05, 4.69) is 10.5 Å². The molecule has 0 aliphatic heterocycles. The third-order valence-corrected chi connectivity index (χ3v) is 5.14. The molecule has 2 aromatic carbocycles. The number of ether oxygens (including phenoxy) is 1. The fraction of sp³-hybridized carbons (Fsp3) is 0.300. The van der Waals surface area contributed by atoms with Gasteiger partial charge in [0, 0.05) is 12.1 Å². The molecule has 0 aliphatic carbocycles. The molecule has 28 heavy (non-hydrogen) atoms. The van der Waals surface area contributed by atoms with Gasteiger partial charge >= 0.3 is 0 Å². The monoisotopic (exact) mass is 403 g/mol. The molecule has 0 aliphatic rings. The van der Waals surface area contributed by atoms with Crippen LogP contribution in [0, 0.1) is 0 Å². The number of hydrogen-bond donors (Lipinski definition) is 1. The van der Waals surface area contributed by atoms with E-state index in [1.807, 2.05) is 61.5 Å². The van der Waals surface area contributed by atoms with E-state index in [1.165, 1.54) is 6.21 Å². The molecule has 150 valence electrons. The van der Waals surface area contributed by atoms with Crippen molar-refractivity contribution in [1.82, 2.24) is 9.73 Å². The number of hydrogen-bond acceptors (Lipinski definition) is 5. The number of rotatable bonds is 10. The van der Waals surface area contributed by atoms with Crippen LogP contribution in [0.3, 0.4) is 0 Å². The van der Waals surface area contributed by atoms with E-state index in [1.54, 1.807) is 0 Å². The minimum Gasteiger partial charge on any atom is -0.493 e. The molecule has 0 unspecified atom stereocenters. The number of hydrazone groups is 1. The summed E-state index contributed by atoms with van der Waals surface area (Å²) in [5, 5.41) is 3.91. The summed E-state index contributed by atoms with van der Waals surface area (Å²) in [6, 6.07) is 16.8. The molecular formula is C20H25N3O4S. The second-order valence-electron chi connectivity index (χ2n) is 6.10. The van der Waals surface area contributed by atoms with Crippen LogP contribution in [0.25, 0.3) is 0 Å². The van der Waals surface area contributed by atoms with Crippen LogP contribution in [0.4, 0.5) is 0 Å². The van der Waals surface area contributed by atoms with Gasteiger partial charge in [0.05, 0.1) is 25.6 Å². The van der Waals surface area contributed by atoms with Crippen molar-refractivity contribution in [1.29, 1.82) is 0 Å². The molecule has 2 aromatic rings. The van der Waals surface area contributed by atoms with Gasteiger partial charge in [0.15, 0.2) is 0 Å². The lowest BCUT2D eigenvalue weighted by Gasteiger charge is -2.18. The lowest BCUT2D eigenvalue weighted by Crippen LogP contribution is -2.40. The Morgan fingerprint density at radius 1 is 1.14 bits per heavy atom. The van der Waals surface area contributed by atoms with Crippen molar-refractivity contribution in [3.05, 3.63) is 65.7 Å². The summed E-state index contributed by atoms with van der Waals surface area (Å²) in [5.41, 5.74) is 4.09. The van der Waals surface area contributed by atoms with E-state index in [9.17, 15) is 13.2 Å². The van der Waals surface area contributed by atoms with Crippen LogP contribution < -0.4 is 10.2 Å². The summed E-state index contributed by atoms with van der Waals surface area (Å²) < 4.78 is 30.6. The predicted molar refractivity (Wildman–Crippen MR) is 110 cm³/mol. The van der Waals surface area contributed by atoms with Gasteiger partial charge < -0.3 is 4.74 Å². The average Bonchev–Trinajstić information content (AvgIpc) is 2.66. The molecule has 0 radical (unpaired) electrons. The van der Waals surface area contributed by atoms with Gasteiger partial charge in [-0.15, -0.1) is 0 Å². The molecule has 7 nitrogen and oxygen atoms in total. The topological polar surface area (TPSA) is 88.1 Å². The zero-order chi connectivity index (χ0) is 20.4. The first-order valence-electron chi connectivity index (χ1n) is 8.93. The van der Waals surface area contributed by atoms with Crippen molar-refractivity contribution in [2.75, 3.05) is 26.0 Å². The Hall–Kier alpha value is -2.71. The minimum atomic E-state index is -3.52. The van der Waals surface area contributed by atoms with Crippen molar-refractivity contribution in [3.63, 3.8) is 0 Å². The van der Waals surface area contributed by atoms with Gasteiger partial charge in [0.2, 0.25) is 10.0 Å². The highest BCUT2D eigenvalue weighted by Crippen LogP contribution is 2.15. The average molecular weight is 404 g/mol. The van der Waals surface area contributed by atoms with E-state index in [-0.39, 0.29) is 13.1 Å². The highest BCUT2D eigenvalue weighted by Gasteiger charge is 2.19. The predicted octanol–water partition coefficient (Wildman–Crippen LogP) is 2.04. The first-order chi connectivity index (χ1) is 13.4. The van der Waals surface area contributed by atoms with Crippen LogP contribution in [-0.2, 0) is 21.2 Å². The number of sulfonamides is 1. The summed E-state index contributed by atoms with van der Waals surface area (Å²) >= 11 is 0. The van der Waals surface area contributed by atoms with Gasteiger partial charge in [-0.2, -0.15) is 9.41 Å². The van der Waals surface area contributed by atoms with Gasteiger partial charge in [0.25, 0.3) is 5.91 Å². The lowest BCUT2D eigenvalue weighted by atomic mass is 10.1. The Morgan fingerprint density at radius 3 is 2.50 bits per heavy atom. The summed E-state index contributed by atoms with van der Waals surface area (Å²) in [4.78, 5) is 12.2. The summed E-state index contributed by atoms with van der Waals surface area (Å²) in [6.07, 6.45) is 3.08. The SMILES string of the molecule is CCOc1ccccc1/C=N/NC(=O)CN(CCc1ccccc1)S(C)(=O)=O. The zero-order valence-electron chi connectivity index (χ0n) is 16.0. The third-order valence-electron chi connectivity index (χ3n) is 3.89. The van der Waals surface area contributed by atoms with E-state index in [0.717, 1.165) is 16.1 Å². The molecule has 0 fully saturated rings. The summed E-state index contributed by atoms with van der Waals surface area (Å²) in [5.74, 6) is 0.146. The van der Waals surface area contributed by atoms with Crippen molar-refractivity contribution in [2.24, 2.45) is 5.10 Å². The van der Waals surface area contributed by atoms with E-state index in [0.29, 0.717) is 24.3 Å². The van der Waals surface area contributed by atoms with E-state index in [4.69, 9.17) is 4.74 Å². The Labute approximate surface area is 166 Å². The van der Waals surface area contributed by atoms with Gasteiger partial charge in [-0.3, -0.25) is 4.79 Å². The van der Waals surface area contributed by atoms with Crippen molar-refractivity contribution < 1.29 is 17.9 Å². The van der Waals surface area contributed by atoms with Crippen LogP contribution >= 0.6 is 0 Å². The molecule has 0 saturated heterocycles. The quantitative estimate of drug-likeness (QED) is 0.486. The Balaban J connectivity index is 1.94. The highest BCUT2D eigenvalue weighted by molar-refractivity contribution is 7.88. The number of para-hydroxylation sites is 1. The van der Waals surface area contributed by atoms with Crippen molar-refractivity contribution in [3.8, 4) is 5.75 Å². The zero-order valence-corrected chi connectivity index (χ0v) is 16.9. The second-order valence-corrected chi connectivity index (χ2v) is 8.08. The van der Waals surface area contributed by atoms with Crippen LogP contribution in [0.15, 0.2) is 59.7 Å². The highest BCUT2D eigenvalue weighted by atomic mass is 32.2. The van der Waals surface area contributed by atoms with Gasteiger partial charge in [-0.05, 0) is 31.0 Å². The fourth-order valence-corrected chi connectivity index (χ4v) is 3.28. The molecule has 1 N–H and O–H groups in total. The van der Waals surface area contributed by atoms with E-state index >= 15 is 0 Å². The smallest absolute Gasteiger partial charge is 0.255 e. The largest absolute Gasteiger partial charge is 0.493 e. The molecule has 8 heteroatoms. The lowest BCUT2D eigenvalue weighted by molar-refractivity contribution is -0.121. The van der Waals surface area contributed by atoms with Crippen LogP contribution in [0.1, 0.15) is 18.1 Å². The van der Waals surface area contributed by atoms with Crippen LogP contribution in [0.5, 0.6) is 5.75 Å². The van der Waals surface area contributed by atoms with Gasteiger partial charge in [-0.25, -0.2) is 13.8 Å². The molecule has 0 saturated carbocycles. The summed E-state index contributed by atoms with van der Waals surface area (Å²) in [6.45, 7) is 2.32. The molecule has 0 aromatic heterocycles. The van der Waals surface area contributed by atoms with E-state index < -0.39 is 15.9 Å². The normalized spacial score (nSPS) is 11.7. The second kappa shape index (κ2) is 10.6. The number of benzene rings is 2. The molecule has 0 heterocycles. The molecule has 2 rings (SSSR count). The van der Waals surface area contributed by atoms with Crippen LogP contribution in [0.2, 0.25) is 0 Å². The minimum absolute atomic E-state index is 0.215. The Bertz CT molecular complexity index is 899. The molecule has 0 atom stereocenters. The summed E-state index contributed by atoms with van der Waals surface area (Å²) in [7, 11) is -3.52. The van der Waals surface area contributed by atoms with Crippen LogP contribution in [-0.4, -0.2) is 50.8 Å². The first-order valence-corrected chi connectivity index (χ1v) is 10.8. The standard InChI is InChI=1S/C20H25N3O4S/c1-3-27-19-12-8-7-11-18(19)15-21-22-20(24)16-23(28(2,25)26)14-13-17-9-5-4-6-10-17/h4-12,15H,3,13-14,16H2,1-2H3,(H,22,24)/b21-15+. The number of nitrogens with zero attached hydrogens (tertiary/aromatic N) is 2. The maximum Gasteiger partial charge on any atom is 0.255 e. The number of carbonyl (C=O) groups excluding carboxylic acids is 1. The Kier molecular flexibility index (Phi) is 8.16. The molecule has 0 bridgehead atoms. The van der Waals surface area contributed by atoms with Crippen molar-refractivity contribution >= 4 is 22.1 Å². The number of amides is 1. The molecule has 0 spiro atoms. The molecular weight excluding hydrogens is 378 g/mol. The first kappa shape index (κ1) is 21.6. The van der Waals surface area contributed by atoms with Gasteiger partial charge in [0.1, 0.15) is 5.75 Å². The maximum atomic E-state index is 12.2. The van der Waals surface area contributed by atoms with Gasteiger partial charge in [-0.1, -0.05) is 42.5 Å². The molecule has 1 amide bonds. The van der Waals surface area contributed by atoms with Crippen molar-refractivity contribution in [2.45, 2.75) is 13.3 Å². The fourth-order valence-electron chi connectivity index (χ4n) is 2.50. The number of carbonyl (C=O) groups is 1. The third kappa shape index (κ3) is 7.13.